The molecule has 1 aliphatic carbocycles. The van der Waals surface area contributed by atoms with Crippen LogP contribution in [0, 0.1) is 0 Å². The smallest absolute Gasteiger partial charge is 0.136 e. The van der Waals surface area contributed by atoms with Crippen LogP contribution in [-0.4, -0.2) is 4.57 Å². The quantitative estimate of drug-likeness (QED) is 0.179. The van der Waals surface area contributed by atoms with Crippen molar-refractivity contribution in [2.24, 2.45) is 0 Å². The van der Waals surface area contributed by atoms with Gasteiger partial charge in [0.15, 0.2) is 0 Å². The minimum Gasteiger partial charge on any atom is -0.456 e. The fourth-order valence-electron chi connectivity index (χ4n) is 9.73. The molecule has 12 rings (SSSR count). The summed E-state index contributed by atoms with van der Waals surface area (Å²) < 4.78 is 9.29. The molecule has 2 heteroatoms. The highest BCUT2D eigenvalue weighted by molar-refractivity contribution is 6.16. The number of para-hydroxylation sites is 1. The molecule has 2 nitrogen and oxygen atoms in total. The van der Waals surface area contributed by atoms with Gasteiger partial charge in [-0.05, 0) is 97.7 Å². The third kappa shape index (κ3) is 4.19. The summed E-state index contributed by atoms with van der Waals surface area (Å²) in [5.74, 6) is 0. The third-order valence-corrected chi connectivity index (χ3v) is 12.1. The summed E-state index contributed by atoms with van der Waals surface area (Å²) in [7, 11) is 0. The predicted molar refractivity (Wildman–Crippen MR) is 228 cm³/mol. The Morgan fingerprint density at radius 2 is 1.07 bits per heavy atom. The lowest BCUT2D eigenvalue weighted by Crippen LogP contribution is -2.28. The van der Waals surface area contributed by atoms with Crippen LogP contribution < -0.4 is 0 Å². The van der Waals surface area contributed by atoms with Gasteiger partial charge in [0.05, 0.1) is 16.4 Å². The van der Waals surface area contributed by atoms with Crippen LogP contribution >= 0.6 is 0 Å². The summed E-state index contributed by atoms with van der Waals surface area (Å²) in [5, 5.41) is 7.23. The molecule has 0 radical (unpaired) electrons. The highest BCUT2D eigenvalue weighted by Gasteiger charge is 2.46. The zero-order valence-electron chi connectivity index (χ0n) is 29.9. The first kappa shape index (κ1) is 30.3. The molecule has 0 unspecified atom stereocenters. The highest BCUT2D eigenvalue weighted by Crippen LogP contribution is 2.57. The van der Waals surface area contributed by atoms with Gasteiger partial charge in [-0.1, -0.05) is 158 Å². The highest BCUT2D eigenvalue weighted by atomic mass is 16.3. The van der Waals surface area contributed by atoms with Crippen LogP contribution in [0.4, 0.5) is 0 Å². The molecule has 0 saturated heterocycles. The Hall–Kier alpha value is -7.16. The molecule has 0 bridgehead atoms. The van der Waals surface area contributed by atoms with Crippen LogP contribution in [0.5, 0.6) is 0 Å². The molecule has 0 fully saturated rings. The molecule has 1 aliphatic rings. The average molecular weight is 700 g/mol. The van der Waals surface area contributed by atoms with E-state index in [1.807, 2.05) is 0 Å². The van der Waals surface area contributed by atoms with Gasteiger partial charge < -0.3 is 8.98 Å². The first-order valence-corrected chi connectivity index (χ1v) is 19.0. The molecule has 11 aromatic rings. The van der Waals surface area contributed by atoms with E-state index in [1.165, 1.54) is 66.0 Å². The van der Waals surface area contributed by atoms with Crippen LogP contribution in [0.25, 0.3) is 82.5 Å². The summed E-state index contributed by atoms with van der Waals surface area (Å²) >= 11 is 0. The summed E-state index contributed by atoms with van der Waals surface area (Å²) in [6.45, 7) is 0. The van der Waals surface area contributed by atoms with Crippen molar-refractivity contribution in [2.45, 2.75) is 5.41 Å². The van der Waals surface area contributed by atoms with Crippen LogP contribution in [0.1, 0.15) is 22.3 Å². The molecule has 9 aromatic carbocycles. The van der Waals surface area contributed by atoms with Gasteiger partial charge in [0.2, 0.25) is 0 Å². The standard InChI is InChI=1S/C53H33NO/c1-3-16-37(17-4-1)53(38-18-5-2-6-19-38)46-23-11-9-20-41(46)44-32-45-51(33-47(44)53)55-50-25-13-22-40(52(45)50)36-27-29-43-42-21-10-12-24-48(42)54(49(43)31-36)39-28-26-34-14-7-8-15-35(34)30-39/h1-33H. The van der Waals surface area contributed by atoms with Crippen molar-refractivity contribution >= 4 is 54.5 Å². The van der Waals surface area contributed by atoms with E-state index in [2.05, 4.69) is 205 Å². The van der Waals surface area contributed by atoms with E-state index < -0.39 is 5.41 Å². The second-order valence-electron chi connectivity index (χ2n) is 14.8. The second-order valence-corrected chi connectivity index (χ2v) is 14.8. The fourth-order valence-corrected chi connectivity index (χ4v) is 9.73. The first-order valence-electron chi connectivity index (χ1n) is 19.0. The van der Waals surface area contributed by atoms with Gasteiger partial charge in [0.25, 0.3) is 0 Å². The Morgan fingerprint density at radius 3 is 1.91 bits per heavy atom. The summed E-state index contributed by atoms with van der Waals surface area (Å²) in [6, 6.07) is 73.2. The van der Waals surface area contributed by atoms with Crippen LogP contribution in [0.15, 0.2) is 205 Å². The van der Waals surface area contributed by atoms with Gasteiger partial charge in [-0.3, -0.25) is 0 Å². The Labute approximate surface area is 318 Å². The minimum absolute atomic E-state index is 0.481. The summed E-state index contributed by atoms with van der Waals surface area (Å²) in [6.07, 6.45) is 0. The van der Waals surface area contributed by atoms with Gasteiger partial charge in [0, 0.05) is 27.2 Å². The number of furan rings is 1. The first-order chi connectivity index (χ1) is 27.3. The normalized spacial score (nSPS) is 13.2. The lowest BCUT2D eigenvalue weighted by molar-refractivity contribution is 0.666. The maximum absolute atomic E-state index is 6.87. The molecule has 0 atom stereocenters. The molecule has 0 saturated carbocycles. The van der Waals surface area contributed by atoms with Crippen LogP contribution in [0.2, 0.25) is 0 Å². The topological polar surface area (TPSA) is 18.1 Å². The second kappa shape index (κ2) is 11.4. The van der Waals surface area contributed by atoms with E-state index in [0.29, 0.717) is 0 Å². The largest absolute Gasteiger partial charge is 0.456 e. The van der Waals surface area contributed by atoms with Crippen molar-refractivity contribution in [2.75, 3.05) is 0 Å². The Bertz CT molecular complexity index is 3270. The molecule has 256 valence electrons. The maximum atomic E-state index is 6.87. The molecule has 0 spiro atoms. The molecule has 2 heterocycles. The van der Waals surface area contributed by atoms with E-state index in [-0.39, 0.29) is 0 Å². The van der Waals surface area contributed by atoms with E-state index in [0.717, 1.165) is 38.8 Å². The van der Waals surface area contributed by atoms with E-state index >= 15 is 0 Å². The average Bonchev–Trinajstić information content (AvgIpc) is 3.89. The van der Waals surface area contributed by atoms with Crippen molar-refractivity contribution < 1.29 is 4.42 Å². The van der Waals surface area contributed by atoms with Crippen LogP contribution in [-0.2, 0) is 5.41 Å². The lowest BCUT2D eigenvalue weighted by atomic mass is 9.67. The molecule has 0 aliphatic heterocycles. The van der Waals surface area contributed by atoms with Crippen molar-refractivity contribution in [1.29, 1.82) is 0 Å². The van der Waals surface area contributed by atoms with Crippen LogP contribution in [0.3, 0.4) is 0 Å². The Balaban J connectivity index is 1.12. The van der Waals surface area contributed by atoms with E-state index in [9.17, 15) is 0 Å². The number of aromatic nitrogens is 1. The van der Waals surface area contributed by atoms with Gasteiger partial charge in [-0.2, -0.15) is 0 Å². The van der Waals surface area contributed by atoms with Crippen molar-refractivity contribution in [1.82, 2.24) is 4.57 Å². The monoisotopic (exact) mass is 699 g/mol. The Kier molecular flexibility index (Phi) is 6.29. The number of benzene rings is 9. The third-order valence-electron chi connectivity index (χ3n) is 12.1. The number of nitrogens with zero attached hydrogens (tertiary/aromatic N) is 1. The number of fused-ring (bicyclic) bond motifs is 10. The van der Waals surface area contributed by atoms with E-state index in [1.54, 1.807) is 0 Å². The molecular weight excluding hydrogens is 667 g/mol. The van der Waals surface area contributed by atoms with Gasteiger partial charge in [-0.25, -0.2) is 0 Å². The minimum atomic E-state index is -0.481. The van der Waals surface area contributed by atoms with Crippen molar-refractivity contribution in [3.63, 3.8) is 0 Å². The summed E-state index contributed by atoms with van der Waals surface area (Å²) in [5.41, 5.74) is 14.7. The molecule has 0 amide bonds. The molecule has 0 N–H and O–H groups in total. The number of hydrogen-bond acceptors (Lipinski definition) is 1. The molecular formula is C53H33NO. The Morgan fingerprint density at radius 1 is 0.382 bits per heavy atom. The zero-order chi connectivity index (χ0) is 36.1. The number of hydrogen-bond donors (Lipinski definition) is 0. The lowest BCUT2D eigenvalue weighted by Gasteiger charge is -2.33. The predicted octanol–water partition coefficient (Wildman–Crippen LogP) is 13.9. The number of rotatable bonds is 4. The van der Waals surface area contributed by atoms with Gasteiger partial charge in [-0.15, -0.1) is 0 Å². The van der Waals surface area contributed by atoms with Crippen molar-refractivity contribution in [3.8, 4) is 27.9 Å². The SMILES string of the molecule is c1ccc(C2(c3ccccc3)c3ccccc3-c3cc4c(cc32)oc2cccc(-c3ccc5c6ccccc6n(-c6ccc7ccccc7c6)c5c3)c24)cc1. The zero-order valence-corrected chi connectivity index (χ0v) is 29.9. The molecule has 2 aromatic heterocycles. The van der Waals surface area contributed by atoms with Gasteiger partial charge in [0.1, 0.15) is 11.2 Å². The maximum Gasteiger partial charge on any atom is 0.136 e. The van der Waals surface area contributed by atoms with Crippen molar-refractivity contribution in [3.05, 3.63) is 222 Å². The van der Waals surface area contributed by atoms with Gasteiger partial charge >= 0.3 is 0 Å². The fraction of sp³-hybridized carbons (Fsp3) is 0.0189. The van der Waals surface area contributed by atoms with E-state index in [4.69, 9.17) is 4.42 Å². The molecule has 55 heavy (non-hydrogen) atoms. The summed E-state index contributed by atoms with van der Waals surface area (Å²) in [4.78, 5) is 0.